The Labute approximate surface area is 166 Å². The van der Waals surface area contributed by atoms with Crippen molar-refractivity contribution in [3.8, 4) is 0 Å². The number of benzene rings is 2. The van der Waals surface area contributed by atoms with Crippen LogP contribution in [0, 0.1) is 0 Å². The van der Waals surface area contributed by atoms with Gasteiger partial charge in [-0.25, -0.2) is 0 Å². The number of halogens is 1. The molecule has 1 aliphatic heterocycles. The number of aliphatic carboxylic acids is 1. The smallest absolute Gasteiger partial charge is 0.303 e. The van der Waals surface area contributed by atoms with Gasteiger partial charge in [-0.15, -0.1) is 0 Å². The molecular weight excluding hydrogens is 382 g/mol. The maximum absolute atomic E-state index is 12.7. The van der Waals surface area contributed by atoms with E-state index >= 15 is 0 Å². The van der Waals surface area contributed by atoms with Crippen LogP contribution in [0.15, 0.2) is 60.2 Å². The predicted molar refractivity (Wildman–Crippen MR) is 104 cm³/mol. The standard InChI is InChI=1S/C21H18ClNO5/c22-15-10-8-14(9-11-15)19(26)17-18(13-5-2-1-3-6-13)23(21(28)20(17)27)12-4-7-16(24)25/h1-3,5-6,8-11,18,26H,4,7,12H2,(H,24,25)/t18-/m0/s1. The number of hydrogen-bond donors (Lipinski definition) is 2. The van der Waals surface area contributed by atoms with Crippen LogP contribution < -0.4 is 0 Å². The monoisotopic (exact) mass is 399 g/mol. The molecule has 1 saturated heterocycles. The highest BCUT2D eigenvalue weighted by atomic mass is 35.5. The number of amides is 1. The molecule has 1 heterocycles. The van der Waals surface area contributed by atoms with E-state index in [1.807, 2.05) is 0 Å². The summed E-state index contributed by atoms with van der Waals surface area (Å²) in [6.07, 6.45) is 0.0777. The lowest BCUT2D eigenvalue weighted by atomic mass is 9.95. The first-order valence-corrected chi connectivity index (χ1v) is 9.09. The van der Waals surface area contributed by atoms with Gasteiger partial charge in [0.15, 0.2) is 0 Å². The number of aliphatic hydroxyl groups excluding tert-OH is 1. The van der Waals surface area contributed by atoms with Crippen LogP contribution in [0.1, 0.15) is 30.0 Å². The average molecular weight is 400 g/mol. The molecule has 2 aromatic rings. The van der Waals surface area contributed by atoms with E-state index in [0.29, 0.717) is 16.1 Å². The fourth-order valence-electron chi connectivity index (χ4n) is 3.26. The molecule has 1 amide bonds. The van der Waals surface area contributed by atoms with Gasteiger partial charge >= 0.3 is 5.97 Å². The van der Waals surface area contributed by atoms with E-state index < -0.39 is 23.7 Å². The Morgan fingerprint density at radius 1 is 1.00 bits per heavy atom. The Morgan fingerprint density at radius 2 is 1.64 bits per heavy atom. The van der Waals surface area contributed by atoms with E-state index in [2.05, 4.69) is 0 Å². The maximum Gasteiger partial charge on any atom is 0.303 e. The third kappa shape index (κ3) is 3.92. The maximum atomic E-state index is 12.7. The van der Waals surface area contributed by atoms with Gasteiger partial charge in [0, 0.05) is 23.6 Å². The van der Waals surface area contributed by atoms with Crippen LogP contribution in [0.25, 0.3) is 5.76 Å². The first kappa shape index (κ1) is 19.6. The third-order valence-electron chi connectivity index (χ3n) is 4.56. The molecule has 0 bridgehead atoms. The van der Waals surface area contributed by atoms with Gasteiger partial charge in [0.25, 0.3) is 11.7 Å². The Morgan fingerprint density at radius 3 is 2.25 bits per heavy atom. The first-order chi connectivity index (χ1) is 13.4. The van der Waals surface area contributed by atoms with Gasteiger partial charge in [0.1, 0.15) is 5.76 Å². The molecule has 0 aliphatic carbocycles. The SMILES string of the molecule is O=C(O)CCCN1C(=O)C(=O)C(=C(O)c2ccc(Cl)cc2)[C@@H]1c1ccccc1. The molecule has 1 fully saturated rings. The topological polar surface area (TPSA) is 94.9 Å². The summed E-state index contributed by atoms with van der Waals surface area (Å²) in [5.74, 6) is -2.81. The minimum atomic E-state index is -0.978. The summed E-state index contributed by atoms with van der Waals surface area (Å²) < 4.78 is 0. The molecule has 0 unspecified atom stereocenters. The Kier molecular flexibility index (Phi) is 5.80. The zero-order valence-corrected chi connectivity index (χ0v) is 15.6. The second-order valence-electron chi connectivity index (χ2n) is 6.41. The van der Waals surface area contributed by atoms with E-state index in [1.165, 1.54) is 4.90 Å². The summed E-state index contributed by atoms with van der Waals surface area (Å²) in [7, 11) is 0. The second-order valence-corrected chi connectivity index (χ2v) is 6.84. The zero-order chi connectivity index (χ0) is 20.3. The number of likely N-dealkylation sites (tertiary alicyclic amines) is 1. The minimum absolute atomic E-state index is 0.0196. The highest BCUT2D eigenvalue weighted by Gasteiger charge is 2.45. The molecule has 0 spiro atoms. The molecule has 7 heteroatoms. The molecule has 1 atom stereocenters. The van der Waals surface area contributed by atoms with Crippen LogP contribution >= 0.6 is 11.6 Å². The van der Waals surface area contributed by atoms with Gasteiger partial charge < -0.3 is 15.1 Å². The molecule has 28 heavy (non-hydrogen) atoms. The van der Waals surface area contributed by atoms with Crippen LogP contribution in [0.3, 0.4) is 0 Å². The van der Waals surface area contributed by atoms with Crippen molar-refractivity contribution in [1.29, 1.82) is 0 Å². The van der Waals surface area contributed by atoms with Crippen LogP contribution in [0.5, 0.6) is 0 Å². The fraction of sp³-hybridized carbons (Fsp3) is 0.190. The van der Waals surface area contributed by atoms with Crippen molar-refractivity contribution in [3.63, 3.8) is 0 Å². The number of nitrogens with zero attached hydrogens (tertiary/aromatic N) is 1. The molecule has 2 aromatic carbocycles. The summed E-state index contributed by atoms with van der Waals surface area (Å²) in [5.41, 5.74) is 1.01. The average Bonchev–Trinajstić information content (AvgIpc) is 2.93. The van der Waals surface area contributed by atoms with Gasteiger partial charge in [-0.05, 0) is 36.2 Å². The Bertz CT molecular complexity index is 937. The number of ketones is 1. The van der Waals surface area contributed by atoms with Gasteiger partial charge in [-0.3, -0.25) is 14.4 Å². The van der Waals surface area contributed by atoms with Crippen molar-refractivity contribution in [3.05, 3.63) is 76.3 Å². The van der Waals surface area contributed by atoms with Gasteiger partial charge in [0.05, 0.1) is 11.6 Å². The number of Topliss-reactive ketones (excluding diaryl/α,β-unsaturated/α-hetero) is 1. The van der Waals surface area contributed by atoms with Crippen molar-refractivity contribution < 1.29 is 24.6 Å². The lowest BCUT2D eigenvalue weighted by molar-refractivity contribution is -0.140. The number of carboxylic acids is 1. The third-order valence-corrected chi connectivity index (χ3v) is 4.81. The second kappa shape index (κ2) is 8.27. The fourth-order valence-corrected chi connectivity index (χ4v) is 3.38. The van der Waals surface area contributed by atoms with E-state index in [4.69, 9.17) is 16.7 Å². The van der Waals surface area contributed by atoms with Crippen LogP contribution in [0.4, 0.5) is 0 Å². The molecule has 1 aliphatic rings. The number of rotatable bonds is 6. The van der Waals surface area contributed by atoms with Crippen LogP contribution in [0.2, 0.25) is 5.02 Å². The van der Waals surface area contributed by atoms with E-state index in [1.54, 1.807) is 54.6 Å². The van der Waals surface area contributed by atoms with Crippen molar-refractivity contribution >= 4 is 35.0 Å². The molecule has 3 rings (SSSR count). The van der Waals surface area contributed by atoms with Crippen molar-refractivity contribution in [2.24, 2.45) is 0 Å². The largest absolute Gasteiger partial charge is 0.507 e. The van der Waals surface area contributed by atoms with Gasteiger partial charge in [-0.2, -0.15) is 0 Å². The van der Waals surface area contributed by atoms with Crippen LogP contribution in [-0.4, -0.2) is 39.3 Å². The Hall–Kier alpha value is -3.12. The molecule has 0 aromatic heterocycles. The quantitative estimate of drug-likeness (QED) is 0.439. The first-order valence-electron chi connectivity index (χ1n) is 8.71. The van der Waals surface area contributed by atoms with Crippen molar-refractivity contribution in [1.82, 2.24) is 4.90 Å². The van der Waals surface area contributed by atoms with Crippen molar-refractivity contribution in [2.75, 3.05) is 6.54 Å². The number of carbonyl (C=O) groups is 3. The normalized spacial score (nSPS) is 18.5. The molecule has 0 saturated carbocycles. The van der Waals surface area contributed by atoms with Crippen molar-refractivity contribution in [2.45, 2.75) is 18.9 Å². The van der Waals surface area contributed by atoms with E-state index in [9.17, 15) is 19.5 Å². The number of carboxylic acid groups (broad SMARTS) is 1. The lowest BCUT2D eigenvalue weighted by Crippen LogP contribution is -2.31. The van der Waals surface area contributed by atoms with Gasteiger partial charge in [0.2, 0.25) is 0 Å². The molecule has 144 valence electrons. The van der Waals surface area contributed by atoms with E-state index in [0.717, 1.165) is 0 Å². The Balaban J connectivity index is 2.07. The number of carbonyl (C=O) groups excluding carboxylic acids is 2. The highest BCUT2D eigenvalue weighted by molar-refractivity contribution is 6.46. The molecule has 0 radical (unpaired) electrons. The summed E-state index contributed by atoms with van der Waals surface area (Å²) in [6, 6.07) is 14.4. The van der Waals surface area contributed by atoms with E-state index in [-0.39, 0.29) is 30.7 Å². The zero-order valence-electron chi connectivity index (χ0n) is 14.8. The minimum Gasteiger partial charge on any atom is -0.507 e. The summed E-state index contributed by atoms with van der Waals surface area (Å²) in [4.78, 5) is 37.5. The highest BCUT2D eigenvalue weighted by Crippen LogP contribution is 2.39. The van der Waals surface area contributed by atoms with Gasteiger partial charge in [-0.1, -0.05) is 41.9 Å². The predicted octanol–water partition coefficient (Wildman–Crippen LogP) is 3.63. The summed E-state index contributed by atoms with van der Waals surface area (Å²) >= 11 is 5.88. The van der Waals surface area contributed by atoms with Crippen LogP contribution in [-0.2, 0) is 14.4 Å². The molecule has 6 nitrogen and oxygen atoms in total. The number of aliphatic hydroxyl groups is 1. The summed E-state index contributed by atoms with van der Waals surface area (Å²) in [5, 5.41) is 20.2. The molecule has 2 N–H and O–H groups in total. The molecular formula is C21H18ClNO5. The lowest BCUT2D eigenvalue weighted by Gasteiger charge is -2.25. The number of hydrogen-bond acceptors (Lipinski definition) is 4. The summed E-state index contributed by atoms with van der Waals surface area (Å²) in [6.45, 7) is 0.0911.